The van der Waals surface area contributed by atoms with Crippen LogP contribution in [-0.4, -0.2) is 61.2 Å². The van der Waals surface area contributed by atoms with Crippen molar-refractivity contribution < 1.29 is 13.2 Å². The Morgan fingerprint density at radius 2 is 1.75 bits per heavy atom. The smallest absolute Gasteiger partial charge is 0.246 e. The summed E-state index contributed by atoms with van der Waals surface area (Å²) in [5, 5.41) is 2.95. The van der Waals surface area contributed by atoms with Crippen LogP contribution < -0.4 is 5.32 Å². The van der Waals surface area contributed by atoms with E-state index in [4.69, 9.17) is 11.6 Å². The lowest BCUT2D eigenvalue weighted by molar-refractivity contribution is -0.120. The summed E-state index contributed by atoms with van der Waals surface area (Å²) >= 11 is 5.98. The fraction of sp³-hybridized carbons (Fsp3) is 0.478. The van der Waals surface area contributed by atoms with E-state index in [1.165, 1.54) is 48.1 Å². The molecule has 2 aliphatic heterocycles. The molecule has 1 amide bonds. The lowest BCUT2D eigenvalue weighted by Crippen LogP contribution is -2.41. The zero-order valence-electron chi connectivity index (χ0n) is 18.0. The van der Waals surface area contributed by atoms with Gasteiger partial charge in [-0.3, -0.25) is 4.79 Å². The van der Waals surface area contributed by atoms with E-state index in [9.17, 15) is 13.2 Å². The number of nitrogens with one attached hydrogen (secondary N) is 1. The van der Waals surface area contributed by atoms with E-state index in [2.05, 4.69) is 27.3 Å². The molecule has 0 aliphatic carbocycles. The van der Waals surface area contributed by atoms with Crippen molar-refractivity contribution >= 4 is 33.2 Å². The van der Waals surface area contributed by atoms with Crippen molar-refractivity contribution in [1.29, 1.82) is 0 Å². The van der Waals surface area contributed by atoms with Gasteiger partial charge in [0.25, 0.3) is 0 Å². The Hall–Kier alpha value is -2.00. The molecule has 1 aromatic carbocycles. The van der Waals surface area contributed by atoms with E-state index < -0.39 is 10.0 Å². The van der Waals surface area contributed by atoms with Crippen LogP contribution in [0.1, 0.15) is 31.2 Å². The molecule has 7 nitrogen and oxygen atoms in total. The van der Waals surface area contributed by atoms with Crippen molar-refractivity contribution in [1.82, 2.24) is 14.2 Å². The second-order valence-electron chi connectivity index (χ2n) is 8.46. The van der Waals surface area contributed by atoms with Crippen molar-refractivity contribution in [3.63, 3.8) is 0 Å². The maximum absolute atomic E-state index is 12.8. The number of amides is 1. The van der Waals surface area contributed by atoms with Gasteiger partial charge < -0.3 is 10.2 Å². The van der Waals surface area contributed by atoms with Gasteiger partial charge in [0.1, 0.15) is 10.0 Å². The lowest BCUT2D eigenvalue weighted by Gasteiger charge is -2.30. The molecule has 4 rings (SSSR count). The minimum Gasteiger partial charge on any atom is -0.326 e. The zero-order chi connectivity index (χ0) is 22.6. The molecule has 3 heterocycles. The molecule has 0 saturated carbocycles. The van der Waals surface area contributed by atoms with Crippen LogP contribution in [0.4, 0.5) is 5.69 Å². The molecule has 2 aliphatic rings. The number of pyridine rings is 1. The number of likely N-dealkylation sites (tertiary alicyclic amines) is 1. The van der Waals surface area contributed by atoms with E-state index in [1.54, 1.807) is 6.07 Å². The molecule has 1 N–H and O–H groups in total. The zero-order valence-corrected chi connectivity index (χ0v) is 19.6. The van der Waals surface area contributed by atoms with Gasteiger partial charge in [0.15, 0.2) is 0 Å². The number of carbonyl (C=O) groups excluding carboxylic acids is 1. The number of carbonyl (C=O) groups is 1. The number of sulfonamides is 1. The number of hydrogen-bond acceptors (Lipinski definition) is 5. The summed E-state index contributed by atoms with van der Waals surface area (Å²) in [6, 6.07) is 11.0. The largest absolute Gasteiger partial charge is 0.326 e. The molecule has 0 bridgehead atoms. The van der Waals surface area contributed by atoms with E-state index >= 15 is 0 Å². The fourth-order valence-corrected chi connectivity index (χ4v) is 6.25. The van der Waals surface area contributed by atoms with Crippen molar-refractivity contribution in [2.75, 3.05) is 38.0 Å². The van der Waals surface area contributed by atoms with Crippen LogP contribution in [0.15, 0.2) is 47.5 Å². The predicted octanol–water partition coefficient (Wildman–Crippen LogP) is 3.41. The quantitative estimate of drug-likeness (QED) is 0.619. The number of aromatic nitrogens is 1. The SMILES string of the molecule is O=C(Nc1ccc(CCN2CCCC2)cc1)C1CCN(S(=O)(=O)c2cccnc2Cl)CC1. The summed E-state index contributed by atoms with van der Waals surface area (Å²) in [6.45, 7) is 4.03. The van der Waals surface area contributed by atoms with Crippen LogP contribution in [0.25, 0.3) is 0 Å². The van der Waals surface area contributed by atoms with Crippen LogP contribution in [0, 0.1) is 5.92 Å². The Labute approximate surface area is 194 Å². The van der Waals surface area contributed by atoms with Crippen molar-refractivity contribution in [3.8, 4) is 0 Å². The summed E-state index contributed by atoms with van der Waals surface area (Å²) in [5.74, 6) is -0.285. The minimum absolute atomic E-state index is 0.00869. The topological polar surface area (TPSA) is 82.6 Å². The second kappa shape index (κ2) is 10.3. The highest BCUT2D eigenvalue weighted by atomic mass is 35.5. The third kappa shape index (κ3) is 5.49. The van der Waals surface area contributed by atoms with Gasteiger partial charge in [-0.15, -0.1) is 0 Å². The Morgan fingerprint density at radius 3 is 2.41 bits per heavy atom. The Bertz CT molecular complexity index is 1030. The highest BCUT2D eigenvalue weighted by Crippen LogP contribution is 2.27. The Morgan fingerprint density at radius 1 is 1.06 bits per heavy atom. The molecular weight excluding hydrogens is 448 g/mol. The average molecular weight is 477 g/mol. The van der Waals surface area contributed by atoms with Crippen LogP contribution in [0.3, 0.4) is 0 Å². The van der Waals surface area contributed by atoms with Gasteiger partial charge in [-0.25, -0.2) is 13.4 Å². The second-order valence-corrected chi connectivity index (χ2v) is 10.7. The first-order valence-corrected chi connectivity index (χ1v) is 13.0. The Balaban J connectivity index is 1.27. The first-order chi connectivity index (χ1) is 15.4. The van der Waals surface area contributed by atoms with Gasteiger partial charge in [-0.1, -0.05) is 23.7 Å². The van der Waals surface area contributed by atoms with Crippen LogP contribution in [0.5, 0.6) is 0 Å². The molecule has 2 fully saturated rings. The normalized spacial score (nSPS) is 18.7. The summed E-state index contributed by atoms with van der Waals surface area (Å²) in [4.78, 5) is 19.1. The molecule has 172 valence electrons. The number of benzene rings is 1. The highest BCUT2D eigenvalue weighted by Gasteiger charge is 2.33. The minimum atomic E-state index is -3.71. The molecule has 2 aromatic rings. The lowest BCUT2D eigenvalue weighted by atomic mass is 9.97. The van der Waals surface area contributed by atoms with E-state index in [1.807, 2.05) is 12.1 Å². The summed E-state index contributed by atoms with van der Waals surface area (Å²) in [5.41, 5.74) is 2.04. The molecule has 0 unspecified atom stereocenters. The third-order valence-electron chi connectivity index (χ3n) is 6.30. The van der Waals surface area contributed by atoms with Gasteiger partial charge >= 0.3 is 0 Å². The molecule has 2 saturated heterocycles. The first kappa shape index (κ1) is 23.2. The summed E-state index contributed by atoms with van der Waals surface area (Å²) in [7, 11) is -3.71. The van der Waals surface area contributed by atoms with Gasteiger partial charge in [0.05, 0.1) is 0 Å². The number of anilines is 1. The Kier molecular flexibility index (Phi) is 7.45. The standard InChI is InChI=1S/C23H29ClN4O3S/c24-22-21(4-3-12-25-22)32(30,31)28-16-10-19(11-17-28)23(29)26-20-7-5-18(6-8-20)9-15-27-13-1-2-14-27/h3-8,12,19H,1-2,9-11,13-17H2,(H,26,29). The van der Waals surface area contributed by atoms with E-state index in [0.29, 0.717) is 12.8 Å². The monoisotopic (exact) mass is 476 g/mol. The van der Waals surface area contributed by atoms with E-state index in [-0.39, 0.29) is 35.0 Å². The summed E-state index contributed by atoms with van der Waals surface area (Å²) < 4.78 is 27.1. The average Bonchev–Trinajstić information content (AvgIpc) is 3.33. The number of hydrogen-bond donors (Lipinski definition) is 1. The molecule has 0 radical (unpaired) electrons. The van der Waals surface area contributed by atoms with E-state index in [0.717, 1.165) is 18.7 Å². The predicted molar refractivity (Wildman–Crippen MR) is 125 cm³/mol. The first-order valence-electron chi connectivity index (χ1n) is 11.2. The fourth-order valence-electron chi connectivity index (χ4n) is 4.35. The van der Waals surface area contributed by atoms with Crippen LogP contribution >= 0.6 is 11.6 Å². The molecule has 0 atom stereocenters. The van der Waals surface area contributed by atoms with Crippen molar-refractivity contribution in [2.24, 2.45) is 5.92 Å². The molecule has 1 aromatic heterocycles. The molecule has 32 heavy (non-hydrogen) atoms. The number of rotatable bonds is 7. The number of nitrogens with zero attached hydrogens (tertiary/aromatic N) is 3. The van der Waals surface area contributed by atoms with Crippen LogP contribution in [-0.2, 0) is 21.2 Å². The number of piperidine rings is 1. The molecular formula is C23H29ClN4O3S. The maximum atomic E-state index is 12.8. The molecule has 9 heteroatoms. The van der Waals surface area contributed by atoms with Gasteiger partial charge in [-0.2, -0.15) is 4.31 Å². The third-order valence-corrected chi connectivity index (χ3v) is 8.65. The van der Waals surface area contributed by atoms with Crippen molar-refractivity contribution in [3.05, 3.63) is 53.3 Å². The van der Waals surface area contributed by atoms with Crippen molar-refractivity contribution in [2.45, 2.75) is 37.0 Å². The maximum Gasteiger partial charge on any atom is 0.246 e. The number of halogens is 1. The molecule has 0 spiro atoms. The van der Waals surface area contributed by atoms with Gasteiger partial charge in [-0.05, 0) is 75.0 Å². The highest BCUT2D eigenvalue weighted by molar-refractivity contribution is 7.89. The summed E-state index contributed by atoms with van der Waals surface area (Å²) in [6.07, 6.45) is 6.01. The van der Waals surface area contributed by atoms with Crippen LogP contribution in [0.2, 0.25) is 5.15 Å². The van der Waals surface area contributed by atoms with Gasteiger partial charge in [0, 0.05) is 37.4 Å². The van der Waals surface area contributed by atoms with Gasteiger partial charge in [0.2, 0.25) is 15.9 Å².